The molecule has 6 atom stereocenters. The fraction of sp³-hybridized carbons (Fsp3) is 0.750. The van der Waals surface area contributed by atoms with Gasteiger partial charge in [0, 0.05) is 13.1 Å². The number of nitrogens with one attached hydrogen (secondary N) is 4. The molecule has 0 aromatic carbocycles. The highest BCUT2D eigenvalue weighted by Gasteiger charge is 2.39. The number of likely N-dealkylation sites (tertiary alicyclic amines) is 1. The number of carbonyl (C=O) groups excluding carboxylic acids is 5. The zero-order valence-electron chi connectivity index (χ0n) is 30.1. The van der Waals surface area contributed by atoms with Crippen molar-refractivity contribution in [1.82, 2.24) is 26.2 Å². The molecule has 5 amide bonds. The number of carboxylic acid groups (broad SMARTS) is 2. The maximum absolute atomic E-state index is 13.6. The SMILES string of the molecule is CC(C)CC(NC(=O)C1CCCN1C(=O)C(N)C(C)C)C(=O)NC(CC(=O)O)C(=O)NC(CCCCN)C(=O)NC(CCCN=C(N)N)C(=O)O. The van der Waals surface area contributed by atoms with E-state index >= 15 is 0 Å². The third-order valence-corrected chi connectivity index (χ3v) is 8.33. The number of rotatable bonds is 23. The Morgan fingerprint density at radius 1 is 0.804 bits per heavy atom. The quantitative estimate of drug-likeness (QED) is 0.0301. The van der Waals surface area contributed by atoms with E-state index in [-0.39, 0.29) is 62.5 Å². The van der Waals surface area contributed by atoms with Crippen LogP contribution in [0.4, 0.5) is 0 Å². The van der Waals surface area contributed by atoms with Crippen LogP contribution in [0.1, 0.15) is 85.5 Å². The van der Waals surface area contributed by atoms with E-state index in [1.165, 1.54) is 4.90 Å². The largest absolute Gasteiger partial charge is 0.481 e. The number of amides is 5. The normalized spacial score (nSPS) is 17.1. The second kappa shape index (κ2) is 22.3. The molecule has 290 valence electrons. The average Bonchev–Trinajstić information content (AvgIpc) is 3.53. The van der Waals surface area contributed by atoms with Gasteiger partial charge in [0.05, 0.1) is 12.5 Å². The molecular weight excluding hydrogens is 668 g/mol. The summed E-state index contributed by atoms with van der Waals surface area (Å²) in [6.45, 7) is 7.92. The van der Waals surface area contributed by atoms with E-state index in [9.17, 15) is 43.8 Å². The number of guanidine groups is 1. The Balaban J connectivity index is 3.18. The van der Waals surface area contributed by atoms with Crippen molar-refractivity contribution in [2.24, 2.45) is 39.8 Å². The lowest BCUT2D eigenvalue weighted by molar-refractivity contribution is -0.143. The lowest BCUT2D eigenvalue weighted by atomic mass is 10.0. The van der Waals surface area contributed by atoms with Crippen LogP contribution in [0, 0.1) is 11.8 Å². The Labute approximate surface area is 298 Å². The second-order valence-electron chi connectivity index (χ2n) is 13.5. The van der Waals surface area contributed by atoms with Crippen LogP contribution in [-0.4, -0.2) is 118 Å². The summed E-state index contributed by atoms with van der Waals surface area (Å²) < 4.78 is 0. The highest BCUT2D eigenvalue weighted by Crippen LogP contribution is 2.20. The Morgan fingerprint density at radius 2 is 1.37 bits per heavy atom. The van der Waals surface area contributed by atoms with Crippen LogP contribution < -0.4 is 44.2 Å². The molecule has 51 heavy (non-hydrogen) atoms. The minimum Gasteiger partial charge on any atom is -0.481 e. The highest BCUT2D eigenvalue weighted by molar-refractivity contribution is 5.97. The van der Waals surface area contributed by atoms with Gasteiger partial charge in [0.2, 0.25) is 29.5 Å². The van der Waals surface area contributed by atoms with E-state index in [0.29, 0.717) is 32.2 Å². The van der Waals surface area contributed by atoms with Gasteiger partial charge in [-0.3, -0.25) is 33.8 Å². The monoisotopic (exact) mass is 726 g/mol. The first kappa shape index (κ1) is 44.5. The van der Waals surface area contributed by atoms with Crippen LogP contribution in [-0.2, 0) is 33.6 Å². The number of carboxylic acids is 2. The molecule has 6 unspecified atom stereocenters. The third kappa shape index (κ3) is 15.9. The van der Waals surface area contributed by atoms with Gasteiger partial charge in [-0.25, -0.2) is 4.79 Å². The molecule has 1 rings (SSSR count). The number of hydrogen-bond acceptors (Lipinski definition) is 10. The number of aliphatic imine (C=N–C) groups is 1. The summed E-state index contributed by atoms with van der Waals surface area (Å²) in [6.07, 6.45) is 1.23. The van der Waals surface area contributed by atoms with Crippen molar-refractivity contribution in [3.05, 3.63) is 0 Å². The molecule has 1 heterocycles. The minimum absolute atomic E-state index is 0.0285. The number of unbranched alkanes of at least 4 members (excludes halogenated alkanes) is 1. The first-order valence-corrected chi connectivity index (χ1v) is 17.4. The molecule has 19 nitrogen and oxygen atoms in total. The maximum atomic E-state index is 13.6. The second-order valence-corrected chi connectivity index (χ2v) is 13.5. The first-order valence-electron chi connectivity index (χ1n) is 17.4. The molecule has 1 aliphatic heterocycles. The minimum atomic E-state index is -1.67. The molecule has 14 N–H and O–H groups in total. The zero-order valence-corrected chi connectivity index (χ0v) is 30.1. The smallest absolute Gasteiger partial charge is 0.326 e. The topological polar surface area (TPSA) is 328 Å². The molecule has 19 heteroatoms. The van der Waals surface area contributed by atoms with Crippen LogP contribution in [0.25, 0.3) is 0 Å². The molecule has 0 aliphatic carbocycles. The molecule has 0 saturated carbocycles. The Hall–Kier alpha value is -4.52. The molecule has 0 spiro atoms. The van der Waals surface area contributed by atoms with Crippen molar-refractivity contribution >= 4 is 47.4 Å². The number of aliphatic carboxylic acids is 2. The lowest BCUT2D eigenvalue weighted by Crippen LogP contribution is -2.59. The summed E-state index contributed by atoms with van der Waals surface area (Å²) in [6, 6.07) is -7.19. The van der Waals surface area contributed by atoms with E-state index in [2.05, 4.69) is 26.3 Å². The highest BCUT2D eigenvalue weighted by atomic mass is 16.4. The Kier molecular flexibility index (Phi) is 19.5. The van der Waals surface area contributed by atoms with Crippen LogP contribution in [0.3, 0.4) is 0 Å². The summed E-state index contributed by atoms with van der Waals surface area (Å²) >= 11 is 0. The van der Waals surface area contributed by atoms with Gasteiger partial charge in [-0.15, -0.1) is 0 Å². The fourth-order valence-corrected chi connectivity index (χ4v) is 5.47. The van der Waals surface area contributed by atoms with Gasteiger partial charge in [0.15, 0.2) is 5.96 Å². The summed E-state index contributed by atoms with van der Waals surface area (Å²) in [5.74, 6) is -6.88. The van der Waals surface area contributed by atoms with Crippen molar-refractivity contribution in [3.63, 3.8) is 0 Å². The van der Waals surface area contributed by atoms with Crippen molar-refractivity contribution in [3.8, 4) is 0 Å². The van der Waals surface area contributed by atoms with Crippen LogP contribution >= 0.6 is 0 Å². The number of nitrogens with two attached hydrogens (primary N) is 4. The molecular formula is C32H58N10O9. The third-order valence-electron chi connectivity index (χ3n) is 8.33. The van der Waals surface area contributed by atoms with E-state index < -0.39 is 78.2 Å². The van der Waals surface area contributed by atoms with E-state index in [1.807, 2.05) is 0 Å². The van der Waals surface area contributed by atoms with Crippen molar-refractivity contribution in [2.45, 2.75) is 122 Å². The Bertz CT molecular complexity index is 1240. The van der Waals surface area contributed by atoms with Gasteiger partial charge in [0.25, 0.3) is 0 Å². The van der Waals surface area contributed by atoms with Crippen LogP contribution in [0.15, 0.2) is 4.99 Å². The average molecular weight is 727 g/mol. The van der Waals surface area contributed by atoms with E-state index in [0.717, 1.165) is 0 Å². The number of nitrogens with zero attached hydrogens (tertiary/aromatic N) is 2. The standard InChI is InChI=1S/C32H58N10O9/c1-17(2)15-21(41-29(48)23-11-8-14-42(23)30(49)25(34)18(3)4)27(46)40-22(16-24(43)44)28(47)38-19(9-5-6-12-33)26(45)39-20(31(50)51)10-7-13-37-32(35)36/h17-23,25H,5-16,33-34H2,1-4H3,(H,38,47)(H,39,45)(H,40,46)(H,41,48)(H,43,44)(H,50,51)(H4,35,36,37). The molecule has 0 bridgehead atoms. The van der Waals surface area contributed by atoms with Crippen LogP contribution in [0.2, 0.25) is 0 Å². The summed E-state index contributed by atoms with van der Waals surface area (Å²) in [5.41, 5.74) is 22.2. The predicted molar refractivity (Wildman–Crippen MR) is 187 cm³/mol. The van der Waals surface area contributed by atoms with Gasteiger partial charge in [-0.1, -0.05) is 27.7 Å². The number of hydrogen-bond donors (Lipinski definition) is 10. The molecule has 1 aliphatic rings. The van der Waals surface area contributed by atoms with E-state index in [4.69, 9.17) is 22.9 Å². The number of carbonyl (C=O) groups is 7. The summed E-state index contributed by atoms with van der Waals surface area (Å²) in [7, 11) is 0. The first-order chi connectivity index (χ1) is 23.9. The van der Waals surface area contributed by atoms with Gasteiger partial charge in [-0.2, -0.15) is 0 Å². The Morgan fingerprint density at radius 3 is 1.92 bits per heavy atom. The molecule has 0 aromatic heterocycles. The summed E-state index contributed by atoms with van der Waals surface area (Å²) in [5, 5.41) is 29.2. The van der Waals surface area contributed by atoms with Gasteiger partial charge < -0.3 is 59.3 Å². The maximum Gasteiger partial charge on any atom is 0.326 e. The van der Waals surface area contributed by atoms with Gasteiger partial charge >= 0.3 is 11.9 Å². The van der Waals surface area contributed by atoms with E-state index in [1.54, 1.807) is 27.7 Å². The van der Waals surface area contributed by atoms with Gasteiger partial charge in [0.1, 0.15) is 30.2 Å². The molecule has 0 aromatic rings. The molecule has 1 fully saturated rings. The van der Waals surface area contributed by atoms with Gasteiger partial charge in [-0.05, 0) is 69.7 Å². The summed E-state index contributed by atoms with van der Waals surface area (Å²) in [4.78, 5) is 95.5. The van der Waals surface area contributed by atoms with Crippen LogP contribution in [0.5, 0.6) is 0 Å². The fourth-order valence-electron chi connectivity index (χ4n) is 5.47. The van der Waals surface area contributed by atoms with Crippen molar-refractivity contribution < 1.29 is 43.8 Å². The molecule has 0 radical (unpaired) electrons. The predicted octanol–water partition coefficient (Wildman–Crippen LogP) is -2.31. The molecule has 1 saturated heterocycles. The lowest BCUT2D eigenvalue weighted by Gasteiger charge is -2.30. The zero-order chi connectivity index (χ0) is 38.8. The van der Waals surface area contributed by atoms with Crippen molar-refractivity contribution in [2.75, 3.05) is 19.6 Å². The van der Waals surface area contributed by atoms with Crippen molar-refractivity contribution in [1.29, 1.82) is 0 Å².